The van der Waals surface area contributed by atoms with Crippen LogP contribution in [-0.4, -0.2) is 46.3 Å². The lowest BCUT2D eigenvalue weighted by atomic mass is 10.3. The predicted octanol–water partition coefficient (Wildman–Crippen LogP) is 0.581. The number of piperazine rings is 1. The van der Waals surface area contributed by atoms with Crippen molar-refractivity contribution in [3.05, 3.63) is 17.3 Å². The monoisotopic (exact) mass is 305 g/mol. The maximum atomic E-state index is 11.4. The van der Waals surface area contributed by atoms with Gasteiger partial charge in [0.15, 0.2) is 0 Å². The smallest absolute Gasteiger partial charge is 0.240 e. The van der Waals surface area contributed by atoms with Crippen LogP contribution in [0.1, 0.15) is 12.7 Å². The van der Waals surface area contributed by atoms with Crippen LogP contribution in [0.3, 0.4) is 0 Å². The van der Waals surface area contributed by atoms with E-state index in [0.717, 1.165) is 22.6 Å². The molecule has 1 fully saturated rings. The van der Waals surface area contributed by atoms with Crippen LogP contribution < -0.4 is 10.6 Å². The van der Waals surface area contributed by atoms with Crippen LogP contribution in [-0.2, 0) is 16.1 Å². The summed E-state index contributed by atoms with van der Waals surface area (Å²) in [5, 5.41) is 8.48. The highest BCUT2D eigenvalue weighted by Gasteiger charge is 2.23. The molecule has 3 heterocycles. The molecule has 0 aliphatic carbocycles. The van der Waals surface area contributed by atoms with Gasteiger partial charge >= 0.3 is 0 Å². The number of aromatic nitrogens is 2. The minimum absolute atomic E-state index is 0.189. The summed E-state index contributed by atoms with van der Waals surface area (Å²) in [6.45, 7) is 3.53. The standard InChI is InChI=1S/C13H15N5O2S/c1-2-14-12-8-3-4-21-13(8)16-9(15-12)5-18-6-10(19)17-11(20)7-18/h3-4H,2,5-7H2,1H3,(H,14,15,16)(H,17,19,20). The first-order valence-corrected chi connectivity index (χ1v) is 7.56. The van der Waals surface area contributed by atoms with Crippen LogP contribution in [0.25, 0.3) is 10.2 Å². The lowest BCUT2D eigenvalue weighted by Gasteiger charge is -2.24. The number of nitrogens with one attached hydrogen (secondary N) is 2. The SMILES string of the molecule is CCNc1nc(CN2CC(=O)NC(=O)C2)nc2sccc12. The first-order valence-electron chi connectivity index (χ1n) is 6.68. The summed E-state index contributed by atoms with van der Waals surface area (Å²) >= 11 is 1.55. The molecule has 0 aromatic carbocycles. The Labute approximate surface area is 125 Å². The minimum atomic E-state index is -0.282. The molecule has 0 atom stereocenters. The zero-order valence-corrected chi connectivity index (χ0v) is 12.4. The second-order valence-electron chi connectivity index (χ2n) is 4.77. The average Bonchev–Trinajstić information content (AvgIpc) is 2.86. The van der Waals surface area contributed by atoms with Crippen molar-refractivity contribution in [2.24, 2.45) is 0 Å². The Hall–Kier alpha value is -2.06. The number of hydrogen-bond acceptors (Lipinski definition) is 7. The summed E-state index contributed by atoms with van der Waals surface area (Å²) < 4.78 is 0. The second-order valence-corrected chi connectivity index (χ2v) is 5.67. The lowest BCUT2D eigenvalue weighted by molar-refractivity contribution is -0.136. The molecule has 1 aliphatic heterocycles. The number of rotatable bonds is 4. The number of nitrogens with zero attached hydrogens (tertiary/aromatic N) is 3. The summed E-state index contributed by atoms with van der Waals surface area (Å²) in [7, 11) is 0. The highest BCUT2D eigenvalue weighted by molar-refractivity contribution is 7.16. The van der Waals surface area contributed by atoms with E-state index in [9.17, 15) is 9.59 Å². The van der Waals surface area contributed by atoms with Crippen LogP contribution in [0, 0.1) is 0 Å². The summed E-state index contributed by atoms with van der Waals surface area (Å²) in [6, 6.07) is 1.99. The maximum Gasteiger partial charge on any atom is 0.240 e. The normalized spacial score (nSPS) is 16.2. The topological polar surface area (TPSA) is 87.2 Å². The van der Waals surface area contributed by atoms with Gasteiger partial charge in [-0.15, -0.1) is 11.3 Å². The summed E-state index contributed by atoms with van der Waals surface area (Å²) in [6.07, 6.45) is 0. The molecule has 0 unspecified atom stereocenters. The highest BCUT2D eigenvalue weighted by Crippen LogP contribution is 2.25. The molecule has 2 amide bonds. The van der Waals surface area contributed by atoms with E-state index in [0.29, 0.717) is 12.4 Å². The van der Waals surface area contributed by atoms with E-state index in [-0.39, 0.29) is 24.9 Å². The first-order chi connectivity index (χ1) is 10.2. The fourth-order valence-electron chi connectivity index (χ4n) is 2.28. The van der Waals surface area contributed by atoms with Gasteiger partial charge in [0.05, 0.1) is 25.0 Å². The van der Waals surface area contributed by atoms with Gasteiger partial charge in [-0.3, -0.25) is 19.8 Å². The average molecular weight is 305 g/mol. The largest absolute Gasteiger partial charge is 0.370 e. The van der Waals surface area contributed by atoms with Gasteiger partial charge in [0, 0.05) is 6.54 Å². The van der Waals surface area contributed by atoms with Crippen molar-refractivity contribution in [2.45, 2.75) is 13.5 Å². The van der Waals surface area contributed by atoms with E-state index >= 15 is 0 Å². The van der Waals surface area contributed by atoms with Gasteiger partial charge in [0.1, 0.15) is 16.5 Å². The molecule has 2 aromatic heterocycles. The van der Waals surface area contributed by atoms with E-state index < -0.39 is 0 Å². The third-order valence-corrected chi connectivity index (χ3v) is 3.90. The number of anilines is 1. The number of fused-ring (bicyclic) bond motifs is 1. The molecule has 0 spiro atoms. The zero-order chi connectivity index (χ0) is 14.8. The number of carbonyl (C=O) groups is 2. The third kappa shape index (κ3) is 3.01. The quantitative estimate of drug-likeness (QED) is 0.804. The van der Waals surface area contributed by atoms with Crippen molar-refractivity contribution in [2.75, 3.05) is 25.0 Å². The predicted molar refractivity (Wildman–Crippen MR) is 80.0 cm³/mol. The van der Waals surface area contributed by atoms with E-state index in [4.69, 9.17) is 0 Å². The van der Waals surface area contributed by atoms with Crippen LogP contribution in [0.5, 0.6) is 0 Å². The fraction of sp³-hybridized carbons (Fsp3) is 0.385. The fourth-order valence-corrected chi connectivity index (χ4v) is 3.06. The molecule has 0 bridgehead atoms. The van der Waals surface area contributed by atoms with Crippen molar-refractivity contribution < 1.29 is 9.59 Å². The van der Waals surface area contributed by atoms with E-state index in [1.165, 1.54) is 0 Å². The van der Waals surface area contributed by atoms with Gasteiger partial charge in [-0.2, -0.15) is 0 Å². The number of imide groups is 1. The molecule has 21 heavy (non-hydrogen) atoms. The van der Waals surface area contributed by atoms with Gasteiger partial charge in [-0.25, -0.2) is 9.97 Å². The van der Waals surface area contributed by atoms with Crippen molar-refractivity contribution in [1.29, 1.82) is 0 Å². The van der Waals surface area contributed by atoms with Gasteiger partial charge < -0.3 is 5.32 Å². The van der Waals surface area contributed by atoms with Gasteiger partial charge in [0.25, 0.3) is 0 Å². The van der Waals surface area contributed by atoms with Crippen LogP contribution in [0.2, 0.25) is 0 Å². The molecule has 2 N–H and O–H groups in total. The lowest BCUT2D eigenvalue weighted by Crippen LogP contribution is -2.51. The maximum absolute atomic E-state index is 11.4. The molecule has 0 saturated carbocycles. The first kappa shape index (κ1) is 13.9. The molecule has 1 saturated heterocycles. The Kier molecular flexibility index (Phi) is 3.80. The van der Waals surface area contributed by atoms with E-state index in [1.807, 2.05) is 18.4 Å². The van der Waals surface area contributed by atoms with E-state index in [1.54, 1.807) is 16.2 Å². The molecule has 7 nitrogen and oxygen atoms in total. The molecule has 1 aliphatic rings. The third-order valence-electron chi connectivity index (χ3n) is 3.09. The number of thiophene rings is 1. The van der Waals surface area contributed by atoms with Crippen molar-refractivity contribution >= 4 is 39.2 Å². The van der Waals surface area contributed by atoms with Crippen LogP contribution in [0.4, 0.5) is 5.82 Å². The number of carbonyl (C=O) groups excluding carboxylic acids is 2. The van der Waals surface area contributed by atoms with Crippen molar-refractivity contribution in [3.63, 3.8) is 0 Å². The zero-order valence-electron chi connectivity index (χ0n) is 11.5. The minimum Gasteiger partial charge on any atom is -0.370 e. The van der Waals surface area contributed by atoms with Gasteiger partial charge in [-0.05, 0) is 18.4 Å². The Morgan fingerprint density at radius 3 is 2.81 bits per heavy atom. The molecular formula is C13H15N5O2S. The molecular weight excluding hydrogens is 290 g/mol. The number of hydrogen-bond donors (Lipinski definition) is 2. The Bertz CT molecular complexity index is 683. The van der Waals surface area contributed by atoms with Crippen LogP contribution >= 0.6 is 11.3 Å². The van der Waals surface area contributed by atoms with Crippen molar-refractivity contribution in [3.8, 4) is 0 Å². The molecule has 2 aromatic rings. The Morgan fingerprint density at radius 1 is 1.33 bits per heavy atom. The summed E-state index contributed by atoms with van der Waals surface area (Å²) in [4.78, 5) is 34.4. The highest BCUT2D eigenvalue weighted by atomic mass is 32.1. The Balaban J connectivity index is 1.86. The molecule has 110 valence electrons. The second kappa shape index (κ2) is 5.74. The van der Waals surface area contributed by atoms with Crippen molar-refractivity contribution in [1.82, 2.24) is 20.2 Å². The van der Waals surface area contributed by atoms with Gasteiger partial charge in [0.2, 0.25) is 11.8 Å². The molecule has 0 radical (unpaired) electrons. The van der Waals surface area contributed by atoms with Crippen LogP contribution in [0.15, 0.2) is 11.4 Å². The van der Waals surface area contributed by atoms with Gasteiger partial charge in [-0.1, -0.05) is 0 Å². The number of amides is 2. The molecule has 3 rings (SSSR count). The summed E-state index contributed by atoms with van der Waals surface area (Å²) in [5.41, 5.74) is 0. The molecule has 8 heteroatoms. The Morgan fingerprint density at radius 2 is 2.10 bits per heavy atom. The van der Waals surface area contributed by atoms with E-state index in [2.05, 4.69) is 20.6 Å². The summed E-state index contributed by atoms with van der Waals surface area (Å²) in [5.74, 6) is 0.848.